The predicted molar refractivity (Wildman–Crippen MR) is 95.3 cm³/mol. The van der Waals surface area contributed by atoms with Crippen molar-refractivity contribution in [1.82, 2.24) is 0 Å². The van der Waals surface area contributed by atoms with Crippen LogP contribution in [0, 0.1) is 19.3 Å². The van der Waals surface area contributed by atoms with Crippen LogP contribution in [-0.4, -0.2) is 19.3 Å². The zero-order valence-corrected chi connectivity index (χ0v) is 14.8. The van der Waals surface area contributed by atoms with Gasteiger partial charge in [0, 0.05) is 19.3 Å². The highest BCUT2D eigenvalue weighted by Gasteiger charge is 2.28. The molecule has 1 rings (SSSR count). The lowest BCUT2D eigenvalue weighted by Gasteiger charge is -2.37. The van der Waals surface area contributed by atoms with Crippen molar-refractivity contribution < 1.29 is 0 Å². The Bertz CT molecular complexity index is 388. The molecule has 0 N–H and O–H groups in total. The van der Waals surface area contributed by atoms with Gasteiger partial charge < -0.3 is 4.90 Å². The molecule has 1 aromatic rings. The van der Waals surface area contributed by atoms with Crippen LogP contribution in [0.15, 0.2) is 18.2 Å². The lowest BCUT2D eigenvalue weighted by Crippen LogP contribution is -2.37. The van der Waals surface area contributed by atoms with Gasteiger partial charge >= 0.3 is 0 Å². The Morgan fingerprint density at radius 1 is 1.00 bits per heavy atom. The monoisotopic (exact) mass is 293 g/mol. The molecule has 0 fully saturated rings. The van der Waals surface area contributed by atoms with Gasteiger partial charge in [0.15, 0.2) is 0 Å². The molecular weight excluding hydrogens is 262 g/mol. The highest BCUT2D eigenvalue weighted by atomic mass is 32.1. The van der Waals surface area contributed by atoms with Crippen molar-refractivity contribution >= 4 is 18.3 Å². The van der Waals surface area contributed by atoms with E-state index in [1.807, 2.05) is 0 Å². The van der Waals surface area contributed by atoms with Crippen LogP contribution in [0.3, 0.4) is 0 Å². The topological polar surface area (TPSA) is 3.24 Å². The van der Waals surface area contributed by atoms with E-state index in [-0.39, 0.29) is 0 Å². The van der Waals surface area contributed by atoms with Crippen molar-refractivity contribution in [3.8, 4) is 0 Å². The highest BCUT2D eigenvalue weighted by Crippen LogP contribution is 2.33. The summed E-state index contributed by atoms with van der Waals surface area (Å²) in [6.45, 7) is 10.0. The zero-order chi connectivity index (χ0) is 15.2. The molecule has 0 aliphatic rings. The smallest absolute Gasteiger partial charge is 0.0369 e. The number of thiol groups is 1. The number of benzene rings is 1. The summed E-state index contributed by atoms with van der Waals surface area (Å²) in [5.74, 6) is 0.976. The van der Waals surface area contributed by atoms with Gasteiger partial charge in [-0.1, -0.05) is 32.8 Å². The summed E-state index contributed by atoms with van der Waals surface area (Å²) in [5.41, 5.74) is 4.36. The van der Waals surface area contributed by atoms with Crippen LogP contribution in [-0.2, 0) is 0 Å². The molecule has 114 valence electrons. The minimum Gasteiger partial charge on any atom is -0.374 e. The molecule has 0 saturated heterocycles. The summed E-state index contributed by atoms with van der Waals surface area (Å²) in [5, 5.41) is 0. The number of hydrogen-bond acceptors (Lipinski definition) is 2. The first-order valence-corrected chi connectivity index (χ1v) is 8.50. The largest absolute Gasteiger partial charge is 0.374 e. The molecule has 0 aliphatic carbocycles. The van der Waals surface area contributed by atoms with E-state index < -0.39 is 0 Å². The Morgan fingerprint density at radius 3 is 1.90 bits per heavy atom. The van der Waals surface area contributed by atoms with Crippen LogP contribution in [0.5, 0.6) is 0 Å². The van der Waals surface area contributed by atoms with E-state index in [2.05, 4.69) is 70.5 Å². The molecule has 1 aromatic carbocycles. The van der Waals surface area contributed by atoms with E-state index in [1.165, 1.54) is 42.5 Å². The quantitative estimate of drug-likeness (QED) is 0.640. The fourth-order valence-corrected chi connectivity index (χ4v) is 3.73. The van der Waals surface area contributed by atoms with Crippen molar-refractivity contribution in [2.24, 2.45) is 5.41 Å². The van der Waals surface area contributed by atoms with Crippen molar-refractivity contribution in [1.29, 1.82) is 0 Å². The maximum atomic E-state index is 4.67. The molecule has 0 spiro atoms. The SMILES string of the molecule is CCCC(CS)(CCC)CN(C)c1cc(C)cc(C)c1. The Hall–Kier alpha value is -0.630. The zero-order valence-electron chi connectivity index (χ0n) is 13.9. The Morgan fingerprint density at radius 2 is 1.50 bits per heavy atom. The molecule has 0 radical (unpaired) electrons. The molecule has 0 atom stereocenters. The summed E-state index contributed by atoms with van der Waals surface area (Å²) in [6.07, 6.45) is 5.00. The fourth-order valence-electron chi connectivity index (χ4n) is 3.32. The molecule has 0 unspecified atom stereocenters. The Balaban J connectivity index is 2.91. The third-order valence-electron chi connectivity index (χ3n) is 4.12. The van der Waals surface area contributed by atoms with Crippen LogP contribution in [0.1, 0.15) is 50.7 Å². The number of aryl methyl sites for hydroxylation is 2. The minimum atomic E-state index is 0.346. The molecule has 0 amide bonds. The summed E-state index contributed by atoms with van der Waals surface area (Å²) in [7, 11) is 2.22. The molecule has 0 saturated carbocycles. The van der Waals surface area contributed by atoms with E-state index in [9.17, 15) is 0 Å². The van der Waals surface area contributed by atoms with Gasteiger partial charge in [-0.05, 0) is 61.1 Å². The van der Waals surface area contributed by atoms with Gasteiger partial charge in [-0.15, -0.1) is 0 Å². The molecule has 2 heteroatoms. The second-order valence-electron chi connectivity index (χ2n) is 6.36. The summed E-state index contributed by atoms with van der Waals surface area (Å²) in [6, 6.07) is 6.81. The third kappa shape index (κ3) is 4.73. The van der Waals surface area contributed by atoms with E-state index in [0.717, 1.165) is 12.3 Å². The van der Waals surface area contributed by atoms with Gasteiger partial charge in [-0.25, -0.2) is 0 Å². The van der Waals surface area contributed by atoms with Crippen molar-refractivity contribution in [2.45, 2.75) is 53.4 Å². The third-order valence-corrected chi connectivity index (χ3v) is 4.79. The van der Waals surface area contributed by atoms with Gasteiger partial charge in [0.25, 0.3) is 0 Å². The van der Waals surface area contributed by atoms with Crippen molar-refractivity contribution in [3.05, 3.63) is 29.3 Å². The molecule has 1 nitrogen and oxygen atoms in total. The first-order valence-electron chi connectivity index (χ1n) is 7.86. The standard InChI is InChI=1S/C18H31NS/c1-6-8-18(14-20,9-7-2)13-19(5)17-11-15(3)10-16(4)12-17/h10-12,20H,6-9,13-14H2,1-5H3. The van der Waals surface area contributed by atoms with Crippen LogP contribution in [0.4, 0.5) is 5.69 Å². The Labute approximate surface area is 131 Å². The second kappa shape index (κ2) is 7.97. The van der Waals surface area contributed by atoms with Crippen LogP contribution >= 0.6 is 12.6 Å². The number of nitrogens with zero attached hydrogens (tertiary/aromatic N) is 1. The van der Waals surface area contributed by atoms with Gasteiger partial charge in [-0.2, -0.15) is 12.6 Å². The maximum Gasteiger partial charge on any atom is 0.0369 e. The second-order valence-corrected chi connectivity index (χ2v) is 6.68. The normalized spacial score (nSPS) is 11.7. The van der Waals surface area contributed by atoms with Gasteiger partial charge in [-0.3, -0.25) is 0 Å². The number of hydrogen-bond donors (Lipinski definition) is 1. The average molecular weight is 294 g/mol. The maximum absolute atomic E-state index is 4.67. The summed E-state index contributed by atoms with van der Waals surface area (Å²) >= 11 is 4.67. The predicted octanol–water partition coefficient (Wildman–Crippen LogP) is 5.26. The first-order chi connectivity index (χ1) is 9.46. The van der Waals surface area contributed by atoms with Crippen LogP contribution in [0.25, 0.3) is 0 Å². The molecular formula is C18H31NS. The first kappa shape index (κ1) is 17.4. The molecule has 0 aliphatic heterocycles. The molecule has 20 heavy (non-hydrogen) atoms. The van der Waals surface area contributed by atoms with Crippen molar-refractivity contribution in [2.75, 3.05) is 24.2 Å². The summed E-state index contributed by atoms with van der Waals surface area (Å²) < 4.78 is 0. The lowest BCUT2D eigenvalue weighted by molar-refractivity contribution is 0.282. The number of anilines is 1. The van der Waals surface area contributed by atoms with E-state index in [0.29, 0.717) is 5.41 Å². The lowest BCUT2D eigenvalue weighted by atomic mass is 9.80. The molecule has 0 bridgehead atoms. The van der Waals surface area contributed by atoms with E-state index in [1.54, 1.807) is 0 Å². The van der Waals surface area contributed by atoms with Crippen LogP contribution < -0.4 is 4.90 Å². The molecule has 0 heterocycles. The minimum absolute atomic E-state index is 0.346. The van der Waals surface area contributed by atoms with E-state index >= 15 is 0 Å². The van der Waals surface area contributed by atoms with Gasteiger partial charge in [0.1, 0.15) is 0 Å². The highest BCUT2D eigenvalue weighted by molar-refractivity contribution is 7.80. The van der Waals surface area contributed by atoms with E-state index in [4.69, 9.17) is 0 Å². The summed E-state index contributed by atoms with van der Waals surface area (Å²) in [4.78, 5) is 2.42. The average Bonchev–Trinajstić information content (AvgIpc) is 2.38. The van der Waals surface area contributed by atoms with Crippen LogP contribution in [0.2, 0.25) is 0 Å². The molecule has 0 aromatic heterocycles. The van der Waals surface area contributed by atoms with Gasteiger partial charge in [0.2, 0.25) is 0 Å². The Kier molecular flexibility index (Phi) is 6.94. The van der Waals surface area contributed by atoms with Crippen molar-refractivity contribution in [3.63, 3.8) is 0 Å². The van der Waals surface area contributed by atoms with Gasteiger partial charge in [0.05, 0.1) is 0 Å². The fraction of sp³-hybridized carbons (Fsp3) is 0.667. The number of rotatable bonds is 8.